The molecule has 1 fully saturated rings. The van der Waals surface area contributed by atoms with Gasteiger partial charge in [0.2, 0.25) is 0 Å². The maximum absolute atomic E-state index is 12.9. The molecule has 1 aromatic carbocycles. The Morgan fingerprint density at radius 3 is 2.71 bits per heavy atom. The van der Waals surface area contributed by atoms with Crippen LogP contribution >= 0.6 is 0 Å². The summed E-state index contributed by atoms with van der Waals surface area (Å²) >= 11 is 0. The fraction of sp³-hybridized carbons (Fsp3) is 0.500. The summed E-state index contributed by atoms with van der Waals surface area (Å²) in [7, 11) is 1.70. The smallest absolute Gasteiger partial charge is 0.264 e. The molecule has 1 amide bonds. The average molecular weight is 326 g/mol. The predicted molar refractivity (Wildman–Crippen MR) is 94.2 cm³/mol. The normalized spacial score (nSPS) is 21.6. The van der Waals surface area contributed by atoms with Crippen LogP contribution in [-0.4, -0.2) is 36.6 Å². The number of methoxy groups -OCH3 is 1. The van der Waals surface area contributed by atoms with Crippen LogP contribution in [0.15, 0.2) is 42.0 Å². The number of likely N-dealkylation sites (tertiary alicyclic amines) is 1. The maximum atomic E-state index is 12.9. The van der Waals surface area contributed by atoms with Gasteiger partial charge in [-0.25, -0.2) is 0 Å². The quantitative estimate of drug-likeness (QED) is 0.616. The molecule has 4 heteroatoms. The van der Waals surface area contributed by atoms with Crippen LogP contribution in [0.4, 0.5) is 0 Å². The number of rotatable bonds is 5. The number of amides is 1. The molecular formula is C20H26N2O2. The summed E-state index contributed by atoms with van der Waals surface area (Å²) in [6, 6.07) is 12.2. The van der Waals surface area contributed by atoms with Gasteiger partial charge in [-0.1, -0.05) is 50.3 Å². The Balaban J connectivity index is 2.27. The number of hydrogen-bond donors (Lipinski definition) is 0. The molecule has 1 aliphatic heterocycles. The lowest BCUT2D eigenvalue weighted by molar-refractivity contribution is -0.135. The zero-order chi connectivity index (χ0) is 17.5. The van der Waals surface area contributed by atoms with Crippen molar-refractivity contribution in [2.45, 2.75) is 45.3 Å². The van der Waals surface area contributed by atoms with Gasteiger partial charge in [-0.05, 0) is 30.7 Å². The lowest BCUT2D eigenvalue weighted by Gasteiger charge is -2.40. The van der Waals surface area contributed by atoms with E-state index in [9.17, 15) is 10.1 Å². The van der Waals surface area contributed by atoms with Crippen LogP contribution in [0.5, 0.6) is 0 Å². The summed E-state index contributed by atoms with van der Waals surface area (Å²) in [6.07, 6.45) is 4.33. The van der Waals surface area contributed by atoms with Crippen molar-refractivity contribution >= 4 is 5.91 Å². The number of nitriles is 1. The highest BCUT2D eigenvalue weighted by Crippen LogP contribution is 2.25. The Labute approximate surface area is 144 Å². The fourth-order valence-electron chi connectivity index (χ4n) is 3.29. The van der Waals surface area contributed by atoms with Gasteiger partial charge >= 0.3 is 0 Å². The van der Waals surface area contributed by atoms with Crippen molar-refractivity contribution in [2.75, 3.05) is 13.7 Å². The predicted octanol–water partition coefficient (Wildman–Crippen LogP) is 3.34. The number of nitrogens with zero attached hydrogens (tertiary/aromatic N) is 2. The standard InChI is InChI=1S/C20H26N2O2/c1-15(2)12-17(14-21)20(23)22-11-7-10-19(24-3)18(22)13-16-8-5-4-6-9-16/h4-6,8-9,12,15,18-19H,7,10-11,13H2,1-3H3/b17-12+/t18-,19-/m0/s1. The van der Waals surface area contributed by atoms with Gasteiger partial charge in [0.05, 0.1) is 12.1 Å². The van der Waals surface area contributed by atoms with E-state index in [0.717, 1.165) is 19.3 Å². The van der Waals surface area contributed by atoms with Crippen molar-refractivity contribution < 1.29 is 9.53 Å². The molecule has 1 saturated heterocycles. The molecule has 24 heavy (non-hydrogen) atoms. The third kappa shape index (κ3) is 4.46. The Bertz CT molecular complexity index is 616. The minimum Gasteiger partial charge on any atom is -0.379 e. The van der Waals surface area contributed by atoms with E-state index in [1.165, 1.54) is 5.56 Å². The highest BCUT2D eigenvalue weighted by atomic mass is 16.5. The molecule has 1 aliphatic rings. The molecule has 2 atom stereocenters. The molecule has 0 unspecified atom stereocenters. The van der Waals surface area contributed by atoms with Gasteiger partial charge in [0.25, 0.3) is 5.91 Å². The average Bonchev–Trinajstić information content (AvgIpc) is 2.60. The van der Waals surface area contributed by atoms with E-state index in [1.54, 1.807) is 13.2 Å². The van der Waals surface area contributed by atoms with Gasteiger partial charge in [0.1, 0.15) is 11.6 Å². The van der Waals surface area contributed by atoms with Gasteiger partial charge in [-0.3, -0.25) is 4.79 Å². The van der Waals surface area contributed by atoms with Crippen LogP contribution in [0.3, 0.4) is 0 Å². The van der Waals surface area contributed by atoms with Crippen LogP contribution in [0.2, 0.25) is 0 Å². The summed E-state index contributed by atoms with van der Waals surface area (Å²) in [6.45, 7) is 4.62. The van der Waals surface area contributed by atoms with E-state index in [4.69, 9.17) is 4.74 Å². The molecule has 0 bridgehead atoms. The van der Waals surface area contributed by atoms with Crippen LogP contribution < -0.4 is 0 Å². The summed E-state index contributed by atoms with van der Waals surface area (Å²) in [5.41, 5.74) is 1.41. The first kappa shape index (κ1) is 18.2. The SMILES string of the molecule is CO[C@H]1CCCN(C(=O)/C(C#N)=C/C(C)C)[C@H]1Cc1ccccc1. The number of hydrogen-bond acceptors (Lipinski definition) is 3. The first-order valence-corrected chi connectivity index (χ1v) is 8.56. The third-order valence-corrected chi connectivity index (χ3v) is 4.42. The van der Waals surface area contributed by atoms with Gasteiger partial charge in [0.15, 0.2) is 0 Å². The van der Waals surface area contributed by atoms with Crippen molar-refractivity contribution in [3.63, 3.8) is 0 Å². The Morgan fingerprint density at radius 1 is 1.42 bits per heavy atom. The number of allylic oxidation sites excluding steroid dienone is 1. The van der Waals surface area contributed by atoms with Crippen LogP contribution in [0.25, 0.3) is 0 Å². The Hall–Kier alpha value is -2.12. The molecule has 0 spiro atoms. The lowest BCUT2D eigenvalue weighted by atomic mass is 9.92. The zero-order valence-electron chi connectivity index (χ0n) is 14.7. The van der Waals surface area contributed by atoms with Gasteiger partial charge < -0.3 is 9.64 Å². The van der Waals surface area contributed by atoms with E-state index >= 15 is 0 Å². The van der Waals surface area contributed by atoms with Gasteiger partial charge in [-0.15, -0.1) is 0 Å². The topological polar surface area (TPSA) is 53.3 Å². The third-order valence-electron chi connectivity index (χ3n) is 4.42. The number of carbonyl (C=O) groups excluding carboxylic acids is 1. The van der Waals surface area contributed by atoms with Crippen LogP contribution in [0.1, 0.15) is 32.3 Å². The molecule has 4 nitrogen and oxygen atoms in total. The molecule has 0 aliphatic carbocycles. The van der Waals surface area contributed by atoms with E-state index in [2.05, 4.69) is 18.2 Å². The van der Waals surface area contributed by atoms with E-state index in [0.29, 0.717) is 6.54 Å². The second kappa shape index (κ2) is 8.65. The lowest BCUT2D eigenvalue weighted by Crippen LogP contribution is -2.53. The van der Waals surface area contributed by atoms with Crippen molar-refractivity contribution in [3.8, 4) is 6.07 Å². The molecule has 0 aromatic heterocycles. The van der Waals surface area contributed by atoms with Gasteiger partial charge in [0, 0.05) is 13.7 Å². The Kier molecular flexibility index (Phi) is 6.57. The molecule has 128 valence electrons. The van der Waals surface area contributed by atoms with Gasteiger partial charge in [-0.2, -0.15) is 5.26 Å². The molecular weight excluding hydrogens is 300 g/mol. The van der Waals surface area contributed by atoms with E-state index < -0.39 is 0 Å². The van der Waals surface area contributed by atoms with E-state index in [1.807, 2.05) is 36.9 Å². The fourth-order valence-corrected chi connectivity index (χ4v) is 3.29. The molecule has 1 heterocycles. The van der Waals surface area contributed by atoms with Crippen molar-refractivity contribution in [1.82, 2.24) is 4.90 Å². The molecule has 0 radical (unpaired) electrons. The minimum absolute atomic E-state index is 0.00176. The summed E-state index contributed by atoms with van der Waals surface area (Å²) in [5, 5.41) is 9.38. The van der Waals surface area contributed by atoms with Crippen LogP contribution in [-0.2, 0) is 16.0 Å². The summed E-state index contributed by atoms with van der Waals surface area (Å²) in [5.74, 6) is -0.00642. The second-order valence-corrected chi connectivity index (χ2v) is 6.61. The molecule has 1 aromatic rings. The highest BCUT2D eigenvalue weighted by molar-refractivity contribution is 5.97. The van der Waals surface area contributed by atoms with Crippen molar-refractivity contribution in [3.05, 3.63) is 47.5 Å². The summed E-state index contributed by atoms with van der Waals surface area (Å²) in [4.78, 5) is 14.7. The molecule has 0 saturated carbocycles. The largest absolute Gasteiger partial charge is 0.379 e. The van der Waals surface area contributed by atoms with Crippen molar-refractivity contribution in [2.24, 2.45) is 5.92 Å². The summed E-state index contributed by atoms with van der Waals surface area (Å²) < 4.78 is 5.65. The molecule has 0 N–H and O–H groups in total. The molecule has 2 rings (SSSR count). The maximum Gasteiger partial charge on any atom is 0.264 e. The number of ether oxygens (including phenoxy) is 1. The second-order valence-electron chi connectivity index (χ2n) is 6.61. The Morgan fingerprint density at radius 2 is 2.12 bits per heavy atom. The first-order valence-electron chi connectivity index (χ1n) is 8.56. The zero-order valence-corrected chi connectivity index (χ0v) is 14.7. The van der Waals surface area contributed by atoms with Crippen LogP contribution in [0, 0.1) is 17.2 Å². The van der Waals surface area contributed by atoms with Crippen molar-refractivity contribution in [1.29, 1.82) is 5.26 Å². The monoisotopic (exact) mass is 326 g/mol. The van der Waals surface area contributed by atoms with E-state index in [-0.39, 0.29) is 29.5 Å². The number of carbonyl (C=O) groups is 1. The minimum atomic E-state index is -0.172. The number of piperidine rings is 1. The highest BCUT2D eigenvalue weighted by Gasteiger charge is 2.35. The first-order chi connectivity index (χ1) is 11.6. The number of benzene rings is 1.